The zero-order chi connectivity index (χ0) is 24.3. The molecule has 178 valence electrons. The van der Waals surface area contributed by atoms with Crippen molar-refractivity contribution in [1.29, 1.82) is 0 Å². The van der Waals surface area contributed by atoms with Gasteiger partial charge in [0.15, 0.2) is 0 Å². The van der Waals surface area contributed by atoms with Crippen molar-refractivity contribution in [2.45, 2.75) is 32.9 Å². The van der Waals surface area contributed by atoms with Gasteiger partial charge in [-0.3, -0.25) is 14.9 Å². The molecule has 0 radical (unpaired) electrons. The van der Waals surface area contributed by atoms with E-state index in [1.54, 1.807) is 31.2 Å². The smallest absolute Gasteiger partial charge is 0.411 e. The molecule has 1 aromatic heterocycles. The minimum Gasteiger partial charge on any atom is -0.450 e. The predicted molar refractivity (Wildman–Crippen MR) is 130 cm³/mol. The first-order chi connectivity index (χ1) is 16.5. The summed E-state index contributed by atoms with van der Waals surface area (Å²) in [5.41, 5.74) is 9.04. The Morgan fingerprint density at radius 1 is 1.06 bits per heavy atom. The van der Waals surface area contributed by atoms with E-state index >= 15 is 0 Å². The van der Waals surface area contributed by atoms with Crippen LogP contribution in [0.5, 0.6) is 0 Å². The molecule has 0 aliphatic carbocycles. The molecule has 4 N–H and O–H groups in total. The van der Waals surface area contributed by atoms with Crippen LogP contribution >= 0.6 is 0 Å². The Balaban J connectivity index is 1.69. The molecule has 0 fully saturated rings. The van der Waals surface area contributed by atoms with Gasteiger partial charge in [0, 0.05) is 30.3 Å². The van der Waals surface area contributed by atoms with E-state index in [0.717, 1.165) is 16.7 Å². The van der Waals surface area contributed by atoms with E-state index in [4.69, 9.17) is 10.5 Å². The summed E-state index contributed by atoms with van der Waals surface area (Å²) in [4.78, 5) is 35.8. The average Bonchev–Trinajstić information content (AvgIpc) is 2.83. The number of benzene rings is 2. The largest absolute Gasteiger partial charge is 0.450 e. The van der Waals surface area contributed by atoms with Crippen LogP contribution in [0.15, 0.2) is 65.5 Å². The summed E-state index contributed by atoms with van der Waals surface area (Å²) in [6, 6.07) is 18.0. The highest BCUT2D eigenvalue weighted by atomic mass is 16.5. The Labute approximate surface area is 197 Å². The van der Waals surface area contributed by atoms with Crippen molar-refractivity contribution in [1.82, 2.24) is 15.1 Å². The zero-order valence-corrected chi connectivity index (χ0v) is 19.1. The fourth-order valence-corrected chi connectivity index (χ4v) is 3.27. The number of hydrogen-bond donors (Lipinski definition) is 3. The number of rotatable bonds is 10. The molecule has 3 aromatic rings. The second kappa shape index (κ2) is 12.3. The molecule has 34 heavy (non-hydrogen) atoms. The fraction of sp³-hybridized carbons (Fsp3) is 0.280. The SMILES string of the molecule is CCOC(=O)Nc1cccc(Cn2nc(-c3ccc(CNC(=O)CCCN)cc3)ccc2=O)c1. The van der Waals surface area contributed by atoms with Crippen molar-refractivity contribution in [3.05, 3.63) is 82.1 Å². The van der Waals surface area contributed by atoms with Crippen molar-refractivity contribution in [3.63, 3.8) is 0 Å². The van der Waals surface area contributed by atoms with Crippen molar-refractivity contribution >= 4 is 17.7 Å². The van der Waals surface area contributed by atoms with E-state index in [1.165, 1.54) is 10.7 Å². The van der Waals surface area contributed by atoms with Crippen LogP contribution in [0.2, 0.25) is 0 Å². The maximum absolute atomic E-state index is 12.4. The summed E-state index contributed by atoms with van der Waals surface area (Å²) in [5.74, 6) is -0.0233. The lowest BCUT2D eigenvalue weighted by molar-refractivity contribution is -0.121. The monoisotopic (exact) mass is 463 g/mol. The van der Waals surface area contributed by atoms with Crippen LogP contribution in [-0.4, -0.2) is 34.9 Å². The van der Waals surface area contributed by atoms with Gasteiger partial charge in [-0.25, -0.2) is 9.48 Å². The van der Waals surface area contributed by atoms with Crippen molar-refractivity contribution in [3.8, 4) is 11.3 Å². The van der Waals surface area contributed by atoms with Crippen LogP contribution < -0.4 is 21.9 Å². The Morgan fingerprint density at radius 2 is 1.85 bits per heavy atom. The predicted octanol–water partition coefficient (Wildman–Crippen LogP) is 2.88. The molecule has 9 nitrogen and oxygen atoms in total. The van der Waals surface area contributed by atoms with Gasteiger partial charge in [0.05, 0.1) is 18.8 Å². The van der Waals surface area contributed by atoms with E-state index in [-0.39, 0.29) is 24.6 Å². The number of anilines is 1. The van der Waals surface area contributed by atoms with E-state index in [1.807, 2.05) is 30.3 Å². The summed E-state index contributed by atoms with van der Waals surface area (Å²) < 4.78 is 6.28. The summed E-state index contributed by atoms with van der Waals surface area (Å²) >= 11 is 0. The Morgan fingerprint density at radius 3 is 2.59 bits per heavy atom. The number of ether oxygens (including phenoxy) is 1. The second-order valence-corrected chi connectivity index (χ2v) is 7.63. The summed E-state index contributed by atoms with van der Waals surface area (Å²) in [5, 5.41) is 10.0. The maximum atomic E-state index is 12.4. The topological polar surface area (TPSA) is 128 Å². The lowest BCUT2D eigenvalue weighted by Crippen LogP contribution is -2.23. The first-order valence-electron chi connectivity index (χ1n) is 11.2. The van der Waals surface area contributed by atoms with Gasteiger partial charge in [-0.2, -0.15) is 5.10 Å². The van der Waals surface area contributed by atoms with Crippen LogP contribution in [0.3, 0.4) is 0 Å². The highest BCUT2D eigenvalue weighted by Gasteiger charge is 2.07. The molecule has 0 aliphatic heterocycles. The molecule has 0 saturated heterocycles. The van der Waals surface area contributed by atoms with Gasteiger partial charge in [0.25, 0.3) is 5.56 Å². The van der Waals surface area contributed by atoms with E-state index in [0.29, 0.717) is 37.3 Å². The molecule has 2 amide bonds. The van der Waals surface area contributed by atoms with Crippen molar-refractivity contribution in [2.75, 3.05) is 18.5 Å². The molecular weight excluding hydrogens is 434 g/mol. The first kappa shape index (κ1) is 24.7. The third-order valence-corrected chi connectivity index (χ3v) is 5.00. The number of aromatic nitrogens is 2. The first-order valence-corrected chi connectivity index (χ1v) is 11.2. The molecular formula is C25H29N5O4. The molecule has 0 unspecified atom stereocenters. The minimum absolute atomic E-state index is 0.0233. The van der Waals surface area contributed by atoms with E-state index in [9.17, 15) is 14.4 Å². The van der Waals surface area contributed by atoms with Gasteiger partial charge in [-0.1, -0.05) is 36.4 Å². The van der Waals surface area contributed by atoms with Crippen LogP contribution in [0.25, 0.3) is 11.3 Å². The van der Waals surface area contributed by atoms with Crippen LogP contribution in [0, 0.1) is 0 Å². The van der Waals surface area contributed by atoms with Crippen molar-refractivity contribution in [2.24, 2.45) is 5.73 Å². The lowest BCUT2D eigenvalue weighted by atomic mass is 10.1. The minimum atomic E-state index is -0.532. The molecule has 0 bridgehead atoms. The molecule has 1 heterocycles. The Hall–Kier alpha value is -3.98. The maximum Gasteiger partial charge on any atom is 0.411 e. The average molecular weight is 464 g/mol. The van der Waals surface area contributed by atoms with Crippen LogP contribution in [-0.2, 0) is 22.6 Å². The van der Waals surface area contributed by atoms with Gasteiger partial charge in [-0.05, 0) is 49.2 Å². The molecule has 0 aliphatic rings. The molecule has 0 spiro atoms. The second-order valence-electron chi connectivity index (χ2n) is 7.63. The van der Waals surface area contributed by atoms with Gasteiger partial charge in [-0.15, -0.1) is 0 Å². The van der Waals surface area contributed by atoms with Gasteiger partial charge in [0.1, 0.15) is 0 Å². The molecule has 9 heteroatoms. The highest BCUT2D eigenvalue weighted by molar-refractivity contribution is 5.84. The van der Waals surface area contributed by atoms with Crippen LogP contribution in [0.4, 0.5) is 10.5 Å². The summed E-state index contributed by atoms with van der Waals surface area (Å²) in [6.07, 6.45) is 0.552. The van der Waals surface area contributed by atoms with E-state index in [2.05, 4.69) is 15.7 Å². The van der Waals surface area contributed by atoms with Gasteiger partial charge < -0.3 is 15.8 Å². The highest BCUT2D eigenvalue weighted by Crippen LogP contribution is 2.17. The summed E-state index contributed by atoms with van der Waals surface area (Å²) in [6.45, 7) is 3.19. The van der Waals surface area contributed by atoms with E-state index < -0.39 is 6.09 Å². The number of hydrogen-bond acceptors (Lipinski definition) is 6. The molecule has 0 atom stereocenters. The quantitative estimate of drug-likeness (QED) is 0.424. The Bertz CT molecular complexity index is 1170. The number of nitrogens with zero attached hydrogens (tertiary/aromatic N) is 2. The molecule has 2 aromatic carbocycles. The summed E-state index contributed by atoms with van der Waals surface area (Å²) in [7, 11) is 0. The molecule has 0 saturated carbocycles. The zero-order valence-electron chi connectivity index (χ0n) is 19.1. The number of nitrogens with two attached hydrogens (primary N) is 1. The van der Waals surface area contributed by atoms with Gasteiger partial charge >= 0.3 is 6.09 Å². The number of nitrogens with one attached hydrogen (secondary N) is 2. The molecule has 3 rings (SSSR count). The fourth-order valence-electron chi connectivity index (χ4n) is 3.27. The standard InChI is InChI=1S/C25H29N5O4/c1-2-34-25(33)28-21-6-3-5-19(15-21)17-30-24(32)13-12-22(29-30)20-10-8-18(9-11-20)16-27-23(31)7-4-14-26/h3,5-6,8-13,15H,2,4,7,14,16-17,26H2,1H3,(H,27,31)(H,28,33). The normalized spacial score (nSPS) is 10.5. The number of carbonyl (C=O) groups is 2. The lowest BCUT2D eigenvalue weighted by Gasteiger charge is -2.10. The number of amides is 2. The number of carbonyl (C=O) groups excluding carboxylic acids is 2. The van der Waals surface area contributed by atoms with Crippen LogP contribution in [0.1, 0.15) is 30.9 Å². The Kier molecular flexibility index (Phi) is 8.93. The van der Waals surface area contributed by atoms with Crippen molar-refractivity contribution < 1.29 is 14.3 Å². The van der Waals surface area contributed by atoms with Gasteiger partial charge in [0.2, 0.25) is 5.91 Å². The third-order valence-electron chi connectivity index (χ3n) is 5.00. The third kappa shape index (κ3) is 7.28.